The van der Waals surface area contributed by atoms with Crippen LogP contribution in [0.1, 0.15) is 85.5 Å². The Kier molecular flexibility index (Phi) is 7.09. The first kappa shape index (κ1) is 24.9. The fourth-order valence-corrected chi connectivity index (χ4v) is 9.45. The minimum Gasteiger partial charge on any atom is -0.396 e. The molecule has 4 aliphatic rings. The van der Waals surface area contributed by atoms with Crippen LogP contribution in [-0.4, -0.2) is 56.6 Å². The van der Waals surface area contributed by atoms with E-state index in [9.17, 15) is 25.5 Å². The van der Waals surface area contributed by atoms with Crippen LogP contribution in [0, 0.1) is 52.3 Å². The third-order valence-electron chi connectivity index (χ3n) is 11.1. The Morgan fingerprint density at radius 2 is 1.53 bits per heavy atom. The topological polar surface area (TPSA) is 101 Å². The molecule has 4 fully saturated rings. The Morgan fingerprint density at radius 3 is 2.22 bits per heavy atom. The molecule has 0 saturated heterocycles. The maximum atomic E-state index is 11.4. The van der Waals surface area contributed by atoms with Gasteiger partial charge < -0.3 is 25.5 Å². The molecule has 0 radical (unpaired) electrons. The smallest absolute Gasteiger partial charge is 0.0838 e. The van der Waals surface area contributed by atoms with Crippen molar-refractivity contribution >= 4 is 0 Å². The van der Waals surface area contributed by atoms with Crippen LogP contribution < -0.4 is 0 Å². The van der Waals surface area contributed by atoms with Crippen LogP contribution in [-0.2, 0) is 0 Å². The van der Waals surface area contributed by atoms with E-state index < -0.39 is 18.3 Å². The number of hydrogen-bond acceptors (Lipinski definition) is 5. The van der Waals surface area contributed by atoms with E-state index in [2.05, 4.69) is 27.7 Å². The van der Waals surface area contributed by atoms with Gasteiger partial charge in [-0.3, -0.25) is 0 Å². The van der Waals surface area contributed by atoms with Crippen molar-refractivity contribution in [1.82, 2.24) is 0 Å². The van der Waals surface area contributed by atoms with E-state index >= 15 is 0 Å². The molecule has 5 heteroatoms. The van der Waals surface area contributed by atoms with Gasteiger partial charge in [0.1, 0.15) is 0 Å². The van der Waals surface area contributed by atoms with Gasteiger partial charge in [-0.2, -0.15) is 0 Å². The first-order chi connectivity index (χ1) is 15.0. The Bertz CT molecular complexity index is 656. The van der Waals surface area contributed by atoms with Crippen LogP contribution in [0.5, 0.6) is 0 Å². The molecular formula is C27H48O5. The first-order valence-electron chi connectivity index (χ1n) is 13.4. The maximum Gasteiger partial charge on any atom is 0.0838 e. The minimum absolute atomic E-state index is 0.0116. The SMILES string of the molecule is C[C@@H](CO)CCC[C@@H](C)[C@H]1[C@@H](O)[C@H](O)C2C3C[C@@H](O)C4C[C@@H](O)CC[C@]4(C)C3CC[C@@]21C. The molecule has 32 heavy (non-hydrogen) atoms. The largest absolute Gasteiger partial charge is 0.396 e. The summed E-state index contributed by atoms with van der Waals surface area (Å²) in [6, 6.07) is 0. The number of aliphatic hydroxyl groups is 5. The molecule has 0 aromatic heterocycles. The van der Waals surface area contributed by atoms with Gasteiger partial charge in [0.2, 0.25) is 0 Å². The van der Waals surface area contributed by atoms with Gasteiger partial charge in [0, 0.05) is 6.61 Å². The van der Waals surface area contributed by atoms with Gasteiger partial charge in [0.25, 0.3) is 0 Å². The summed E-state index contributed by atoms with van der Waals surface area (Å²) in [6.07, 6.45) is 6.14. The molecule has 186 valence electrons. The average Bonchev–Trinajstić information content (AvgIpc) is 2.94. The van der Waals surface area contributed by atoms with Gasteiger partial charge in [-0.05, 0) is 97.2 Å². The van der Waals surface area contributed by atoms with Crippen molar-refractivity contribution in [2.45, 2.75) is 110 Å². The number of fused-ring (bicyclic) bond motifs is 5. The lowest BCUT2D eigenvalue weighted by molar-refractivity contribution is -0.181. The van der Waals surface area contributed by atoms with Crippen molar-refractivity contribution in [3.05, 3.63) is 0 Å². The van der Waals surface area contributed by atoms with E-state index in [1.807, 2.05) is 0 Å². The molecule has 0 bridgehead atoms. The molecule has 4 saturated carbocycles. The molecule has 5 nitrogen and oxygen atoms in total. The average molecular weight is 453 g/mol. The monoisotopic (exact) mass is 452 g/mol. The predicted molar refractivity (Wildman–Crippen MR) is 125 cm³/mol. The Morgan fingerprint density at radius 1 is 0.844 bits per heavy atom. The molecule has 0 aromatic rings. The molecule has 4 rings (SSSR count). The van der Waals surface area contributed by atoms with E-state index in [4.69, 9.17) is 0 Å². The molecular weight excluding hydrogens is 404 g/mol. The maximum absolute atomic E-state index is 11.4. The number of hydrogen-bond donors (Lipinski definition) is 5. The summed E-state index contributed by atoms with van der Waals surface area (Å²) in [5, 5.41) is 53.4. The second kappa shape index (κ2) is 9.11. The molecule has 5 N–H and O–H groups in total. The van der Waals surface area contributed by atoms with Gasteiger partial charge in [0.05, 0.1) is 24.4 Å². The molecule has 0 spiro atoms. The van der Waals surface area contributed by atoms with Crippen molar-refractivity contribution in [3.63, 3.8) is 0 Å². The van der Waals surface area contributed by atoms with Crippen LogP contribution in [0.4, 0.5) is 0 Å². The van der Waals surface area contributed by atoms with E-state index in [0.717, 1.165) is 44.9 Å². The molecule has 13 atom stereocenters. The third-order valence-corrected chi connectivity index (χ3v) is 11.1. The lowest BCUT2D eigenvalue weighted by atomic mass is 9.43. The van der Waals surface area contributed by atoms with E-state index in [1.54, 1.807) is 0 Å². The second-order valence-corrected chi connectivity index (χ2v) is 12.9. The van der Waals surface area contributed by atoms with Gasteiger partial charge in [-0.25, -0.2) is 0 Å². The lowest BCUT2D eigenvalue weighted by Gasteiger charge is -2.62. The van der Waals surface area contributed by atoms with Gasteiger partial charge in [-0.15, -0.1) is 0 Å². The standard InChI is InChI=1S/C27H48O5/c1-15(14-28)6-5-7-16(2)22-24(31)25(32)23-18-13-21(30)20-12-17(29)8-10-26(20,3)19(18)9-11-27(22,23)4/h15-25,28-32H,5-14H2,1-4H3/t15-,16-,17+,18?,19?,20?,21-,22+,23?,24-,25-,26-,27-/m1/s1. The summed E-state index contributed by atoms with van der Waals surface area (Å²) in [7, 11) is 0. The normalized spacial score (nSPS) is 52.6. The summed E-state index contributed by atoms with van der Waals surface area (Å²) in [4.78, 5) is 0. The zero-order valence-corrected chi connectivity index (χ0v) is 20.7. The first-order valence-corrected chi connectivity index (χ1v) is 13.4. The second-order valence-electron chi connectivity index (χ2n) is 12.9. The van der Waals surface area contributed by atoms with Crippen molar-refractivity contribution in [2.75, 3.05) is 6.61 Å². The molecule has 0 aromatic carbocycles. The van der Waals surface area contributed by atoms with Crippen LogP contribution in [0.3, 0.4) is 0 Å². The highest BCUT2D eigenvalue weighted by molar-refractivity contribution is 5.15. The van der Waals surface area contributed by atoms with Crippen LogP contribution in [0.2, 0.25) is 0 Å². The third kappa shape index (κ3) is 3.88. The molecule has 0 aliphatic heterocycles. The molecule has 0 amide bonds. The van der Waals surface area contributed by atoms with Crippen molar-refractivity contribution < 1.29 is 25.5 Å². The fourth-order valence-electron chi connectivity index (χ4n) is 9.45. The van der Waals surface area contributed by atoms with Crippen molar-refractivity contribution in [3.8, 4) is 0 Å². The number of aliphatic hydroxyl groups excluding tert-OH is 5. The van der Waals surface area contributed by atoms with Crippen LogP contribution >= 0.6 is 0 Å². The van der Waals surface area contributed by atoms with Crippen molar-refractivity contribution in [2.24, 2.45) is 52.3 Å². The summed E-state index contributed by atoms with van der Waals surface area (Å²) in [5.74, 6) is 1.55. The highest BCUT2D eigenvalue weighted by Crippen LogP contribution is 2.68. The Labute approximate surface area is 194 Å². The van der Waals surface area contributed by atoms with Crippen molar-refractivity contribution in [1.29, 1.82) is 0 Å². The highest BCUT2D eigenvalue weighted by atomic mass is 16.3. The molecule has 4 unspecified atom stereocenters. The minimum atomic E-state index is -0.724. The Balaban J connectivity index is 1.55. The van der Waals surface area contributed by atoms with E-state index in [0.29, 0.717) is 30.6 Å². The van der Waals surface area contributed by atoms with Crippen LogP contribution in [0.25, 0.3) is 0 Å². The van der Waals surface area contributed by atoms with Crippen LogP contribution in [0.15, 0.2) is 0 Å². The summed E-state index contributed by atoms with van der Waals surface area (Å²) < 4.78 is 0. The lowest BCUT2D eigenvalue weighted by Crippen LogP contribution is -2.59. The summed E-state index contributed by atoms with van der Waals surface area (Å²) in [6.45, 7) is 9.16. The Hall–Kier alpha value is -0.200. The summed E-state index contributed by atoms with van der Waals surface area (Å²) >= 11 is 0. The zero-order chi connectivity index (χ0) is 23.4. The van der Waals surface area contributed by atoms with Gasteiger partial charge >= 0.3 is 0 Å². The van der Waals surface area contributed by atoms with Gasteiger partial charge in [-0.1, -0.05) is 40.5 Å². The van der Waals surface area contributed by atoms with Gasteiger partial charge in [0.15, 0.2) is 0 Å². The van der Waals surface area contributed by atoms with E-state index in [1.165, 1.54) is 0 Å². The highest BCUT2D eigenvalue weighted by Gasteiger charge is 2.67. The predicted octanol–water partition coefficient (Wildman–Crippen LogP) is 3.35. The fraction of sp³-hybridized carbons (Fsp3) is 1.00. The molecule has 0 heterocycles. The quantitative estimate of drug-likeness (QED) is 0.425. The number of rotatable bonds is 6. The zero-order valence-electron chi connectivity index (χ0n) is 20.7. The van der Waals surface area contributed by atoms with E-state index in [-0.39, 0.29) is 47.2 Å². The summed E-state index contributed by atoms with van der Waals surface area (Å²) in [5.41, 5.74) is -0.100. The molecule has 4 aliphatic carbocycles.